The first-order chi connectivity index (χ1) is 11.6. The Morgan fingerprint density at radius 2 is 1.92 bits per heavy atom. The van der Waals surface area contributed by atoms with E-state index < -0.39 is 0 Å². The van der Waals surface area contributed by atoms with Crippen molar-refractivity contribution in [1.29, 1.82) is 0 Å². The quantitative estimate of drug-likeness (QED) is 0.596. The summed E-state index contributed by atoms with van der Waals surface area (Å²) in [5, 5.41) is 6.62. The summed E-state index contributed by atoms with van der Waals surface area (Å²) in [4.78, 5) is 3.60. The van der Waals surface area contributed by atoms with Gasteiger partial charge in [0.2, 0.25) is 0 Å². The first kappa shape index (κ1) is 17.1. The van der Waals surface area contributed by atoms with Crippen LogP contribution in [0.4, 0.5) is 0 Å². The molecule has 0 saturated heterocycles. The number of hydrogen-bond acceptors (Lipinski definition) is 4. The van der Waals surface area contributed by atoms with E-state index in [1.54, 1.807) is 11.3 Å². The molecule has 0 aliphatic heterocycles. The van der Waals surface area contributed by atoms with Crippen LogP contribution in [0.15, 0.2) is 54.2 Å². The fourth-order valence-electron chi connectivity index (χ4n) is 2.68. The topological polar surface area (TPSA) is 26.0 Å². The Balaban J connectivity index is 1.77. The Hall–Kier alpha value is -1.76. The van der Waals surface area contributed by atoms with Crippen molar-refractivity contribution in [2.24, 2.45) is 0 Å². The Bertz CT molecular complexity index is 820. The van der Waals surface area contributed by atoms with Gasteiger partial charge >= 0.3 is 0 Å². The molecule has 0 saturated carbocycles. The predicted molar refractivity (Wildman–Crippen MR) is 102 cm³/mol. The second-order valence-electron chi connectivity index (χ2n) is 6.00. The van der Waals surface area contributed by atoms with Gasteiger partial charge in [-0.2, -0.15) is 5.10 Å². The van der Waals surface area contributed by atoms with Gasteiger partial charge < -0.3 is 0 Å². The van der Waals surface area contributed by atoms with Crippen LogP contribution in [0.5, 0.6) is 0 Å². The zero-order valence-corrected chi connectivity index (χ0v) is 15.8. The fraction of sp³-hybridized carbons (Fsp3) is 0.333. The van der Waals surface area contributed by atoms with E-state index in [4.69, 9.17) is 12.2 Å². The largest absolute Gasteiger partial charge is 0.299 e. The van der Waals surface area contributed by atoms with Crippen molar-refractivity contribution in [2.75, 3.05) is 7.05 Å². The van der Waals surface area contributed by atoms with Gasteiger partial charge in [0.1, 0.15) is 6.33 Å². The molecule has 2 atom stereocenters. The third-order valence-corrected chi connectivity index (χ3v) is 5.89. The normalized spacial score (nSPS) is 14.0. The summed E-state index contributed by atoms with van der Waals surface area (Å²) in [6, 6.07) is 15.1. The van der Waals surface area contributed by atoms with Crippen LogP contribution in [0, 0.1) is 4.77 Å². The van der Waals surface area contributed by atoms with Crippen molar-refractivity contribution in [3.63, 3.8) is 0 Å². The molecule has 2 heterocycles. The highest BCUT2D eigenvalue weighted by Gasteiger charge is 2.16. The number of nitrogens with zero attached hydrogens (tertiary/aromatic N) is 4. The maximum atomic E-state index is 5.65. The maximum absolute atomic E-state index is 5.65. The Labute approximate surface area is 152 Å². The van der Waals surface area contributed by atoms with Crippen LogP contribution in [-0.2, 0) is 6.67 Å². The number of thiophene rings is 1. The van der Waals surface area contributed by atoms with Crippen LogP contribution in [0.3, 0.4) is 0 Å². The number of aromatic nitrogens is 3. The molecule has 2 aromatic heterocycles. The highest BCUT2D eigenvalue weighted by Crippen LogP contribution is 2.24. The average Bonchev–Trinajstić information content (AvgIpc) is 3.25. The van der Waals surface area contributed by atoms with Gasteiger partial charge in [0.25, 0.3) is 0 Å². The zero-order chi connectivity index (χ0) is 17.1. The lowest BCUT2D eigenvalue weighted by atomic mass is 10.1. The molecule has 24 heavy (non-hydrogen) atoms. The van der Waals surface area contributed by atoms with Gasteiger partial charge in [-0.1, -0.05) is 36.4 Å². The predicted octanol–water partition coefficient (Wildman–Crippen LogP) is 4.74. The van der Waals surface area contributed by atoms with Crippen molar-refractivity contribution in [3.05, 3.63) is 69.4 Å². The molecular formula is C18H22N4S2. The van der Waals surface area contributed by atoms with Crippen LogP contribution in [0.25, 0.3) is 0 Å². The molecule has 3 aromatic rings. The standard InChI is InChI=1S/C18H22N4S2/c1-14(16-8-5-4-6-9-16)21-12-19-22(18(21)23)13-20(3)15(2)17-10-7-11-24-17/h4-12,14-15H,13H2,1-3H3/t14-,15+/m0/s1. The van der Waals surface area contributed by atoms with Gasteiger partial charge in [0.05, 0.1) is 12.7 Å². The summed E-state index contributed by atoms with van der Waals surface area (Å²) in [5.74, 6) is 0. The summed E-state index contributed by atoms with van der Waals surface area (Å²) in [5.41, 5.74) is 1.23. The average molecular weight is 359 g/mol. The lowest BCUT2D eigenvalue weighted by Crippen LogP contribution is -2.25. The van der Waals surface area contributed by atoms with Crippen LogP contribution in [-0.4, -0.2) is 26.3 Å². The van der Waals surface area contributed by atoms with Gasteiger partial charge in [-0.25, -0.2) is 4.68 Å². The van der Waals surface area contributed by atoms with Crippen molar-refractivity contribution in [2.45, 2.75) is 32.6 Å². The van der Waals surface area contributed by atoms with Crippen LogP contribution < -0.4 is 0 Å². The van der Waals surface area contributed by atoms with Gasteiger partial charge in [0.15, 0.2) is 4.77 Å². The van der Waals surface area contributed by atoms with E-state index in [1.165, 1.54) is 10.4 Å². The van der Waals surface area contributed by atoms with E-state index in [9.17, 15) is 0 Å². The molecule has 0 unspecified atom stereocenters. The molecule has 0 fully saturated rings. The van der Waals surface area contributed by atoms with E-state index in [1.807, 2.05) is 21.6 Å². The summed E-state index contributed by atoms with van der Waals surface area (Å²) >= 11 is 7.42. The van der Waals surface area contributed by atoms with E-state index in [2.05, 4.69) is 72.7 Å². The van der Waals surface area contributed by atoms with E-state index >= 15 is 0 Å². The van der Waals surface area contributed by atoms with Gasteiger partial charge in [-0.15, -0.1) is 11.3 Å². The molecule has 126 valence electrons. The summed E-state index contributed by atoms with van der Waals surface area (Å²) < 4.78 is 4.68. The fourth-order valence-corrected chi connectivity index (χ4v) is 3.84. The van der Waals surface area contributed by atoms with Crippen LogP contribution in [0.2, 0.25) is 0 Å². The Morgan fingerprint density at radius 3 is 2.58 bits per heavy atom. The second-order valence-corrected chi connectivity index (χ2v) is 7.34. The molecule has 4 nitrogen and oxygen atoms in total. The first-order valence-electron chi connectivity index (χ1n) is 8.00. The molecule has 0 radical (unpaired) electrons. The third-order valence-electron chi connectivity index (χ3n) is 4.43. The highest BCUT2D eigenvalue weighted by atomic mass is 32.1. The maximum Gasteiger partial charge on any atom is 0.199 e. The van der Waals surface area contributed by atoms with E-state index in [0.717, 1.165) is 4.77 Å². The van der Waals surface area contributed by atoms with Gasteiger partial charge in [0, 0.05) is 10.9 Å². The Kier molecular flexibility index (Phi) is 5.28. The second kappa shape index (κ2) is 7.42. The van der Waals surface area contributed by atoms with E-state index in [-0.39, 0.29) is 6.04 Å². The molecule has 0 bridgehead atoms. The van der Waals surface area contributed by atoms with Crippen LogP contribution >= 0.6 is 23.6 Å². The molecule has 0 spiro atoms. The minimum absolute atomic E-state index is 0.174. The lowest BCUT2D eigenvalue weighted by Gasteiger charge is -2.23. The molecule has 0 aliphatic rings. The Morgan fingerprint density at radius 1 is 1.17 bits per heavy atom. The molecule has 0 N–H and O–H groups in total. The van der Waals surface area contributed by atoms with E-state index in [0.29, 0.717) is 12.7 Å². The van der Waals surface area contributed by atoms with Crippen LogP contribution in [0.1, 0.15) is 36.4 Å². The van der Waals surface area contributed by atoms with Gasteiger partial charge in [-0.3, -0.25) is 9.47 Å². The zero-order valence-electron chi connectivity index (χ0n) is 14.2. The lowest BCUT2D eigenvalue weighted by molar-refractivity contribution is 0.196. The van der Waals surface area contributed by atoms with Gasteiger partial charge in [-0.05, 0) is 50.1 Å². The number of benzene rings is 1. The molecular weight excluding hydrogens is 336 g/mol. The molecule has 1 aromatic carbocycles. The molecule has 6 heteroatoms. The molecule has 0 aliphatic carbocycles. The highest BCUT2D eigenvalue weighted by molar-refractivity contribution is 7.71. The first-order valence-corrected chi connectivity index (χ1v) is 9.29. The number of rotatable bonds is 6. The minimum atomic E-state index is 0.174. The third kappa shape index (κ3) is 3.50. The monoisotopic (exact) mass is 358 g/mol. The summed E-state index contributed by atoms with van der Waals surface area (Å²) in [6.45, 7) is 5.03. The van der Waals surface area contributed by atoms with Crippen molar-refractivity contribution >= 4 is 23.6 Å². The minimum Gasteiger partial charge on any atom is -0.299 e. The SMILES string of the molecule is C[C@H](c1cccs1)N(C)Cn1ncn([C@@H](C)c2ccccc2)c1=S. The summed E-state index contributed by atoms with van der Waals surface area (Å²) in [7, 11) is 2.10. The van der Waals surface area contributed by atoms with Crippen molar-refractivity contribution < 1.29 is 0 Å². The molecule has 0 amide bonds. The smallest absolute Gasteiger partial charge is 0.199 e. The molecule has 3 rings (SSSR count). The van der Waals surface area contributed by atoms with Crippen molar-refractivity contribution in [3.8, 4) is 0 Å². The summed E-state index contributed by atoms with van der Waals surface area (Å²) in [6.07, 6.45) is 1.84. The number of hydrogen-bond donors (Lipinski definition) is 0. The van der Waals surface area contributed by atoms with Crippen molar-refractivity contribution in [1.82, 2.24) is 19.2 Å².